The van der Waals surface area contributed by atoms with Crippen LogP contribution in [0.1, 0.15) is 13.8 Å². The molecule has 5 nitrogen and oxygen atoms in total. The topological polar surface area (TPSA) is 84.5 Å². The van der Waals surface area contributed by atoms with Gasteiger partial charge in [0.2, 0.25) is 0 Å². The molecule has 6 heteroatoms. The van der Waals surface area contributed by atoms with Crippen molar-refractivity contribution in [3.63, 3.8) is 0 Å². The second-order valence-electron chi connectivity index (χ2n) is 4.20. The Balaban J connectivity index is 2.59. The lowest BCUT2D eigenvalue weighted by Gasteiger charge is -2.08. The number of guanidine groups is 1. The molecule has 0 radical (unpaired) electrons. The van der Waals surface area contributed by atoms with E-state index in [1.807, 2.05) is 13.8 Å². The molecule has 0 bridgehead atoms. The van der Waals surface area contributed by atoms with Crippen molar-refractivity contribution in [2.45, 2.75) is 24.8 Å². The summed E-state index contributed by atoms with van der Waals surface area (Å²) < 4.78 is 23.8. The van der Waals surface area contributed by atoms with Crippen LogP contribution in [-0.4, -0.2) is 32.7 Å². The van der Waals surface area contributed by atoms with Gasteiger partial charge in [0.05, 0.1) is 17.2 Å². The standard InChI is InChI=1S/C12H19N3O2S/c1-10(2)15-12(13)14-8-9-18(16,17)11-6-4-3-5-7-11/h3-7,10H,8-9H2,1-2H3,(H3,13,14,15). The van der Waals surface area contributed by atoms with Gasteiger partial charge in [-0.25, -0.2) is 8.42 Å². The zero-order valence-electron chi connectivity index (χ0n) is 10.6. The summed E-state index contributed by atoms with van der Waals surface area (Å²) >= 11 is 0. The normalized spacial score (nSPS) is 12.7. The number of hydrogen-bond donors (Lipinski definition) is 2. The van der Waals surface area contributed by atoms with Crippen LogP contribution in [0.4, 0.5) is 0 Å². The minimum atomic E-state index is -3.27. The number of hydrogen-bond acceptors (Lipinski definition) is 3. The molecule has 0 saturated carbocycles. The third-order valence-electron chi connectivity index (χ3n) is 2.18. The highest BCUT2D eigenvalue weighted by Gasteiger charge is 2.12. The number of benzene rings is 1. The van der Waals surface area contributed by atoms with Crippen molar-refractivity contribution >= 4 is 15.8 Å². The van der Waals surface area contributed by atoms with Gasteiger partial charge in [-0.1, -0.05) is 18.2 Å². The molecule has 0 aliphatic heterocycles. The van der Waals surface area contributed by atoms with E-state index < -0.39 is 9.84 Å². The van der Waals surface area contributed by atoms with E-state index in [0.717, 1.165) is 0 Å². The van der Waals surface area contributed by atoms with Gasteiger partial charge in [-0.05, 0) is 26.0 Å². The second-order valence-corrected chi connectivity index (χ2v) is 6.31. The van der Waals surface area contributed by atoms with Gasteiger partial charge < -0.3 is 11.1 Å². The summed E-state index contributed by atoms with van der Waals surface area (Å²) in [6, 6.07) is 8.51. The maximum atomic E-state index is 11.9. The van der Waals surface area contributed by atoms with Gasteiger partial charge >= 0.3 is 0 Å². The Bertz CT molecular complexity index is 495. The van der Waals surface area contributed by atoms with E-state index in [1.165, 1.54) is 0 Å². The lowest BCUT2D eigenvalue weighted by atomic mass is 10.4. The van der Waals surface area contributed by atoms with Crippen LogP contribution in [0.15, 0.2) is 40.2 Å². The lowest BCUT2D eigenvalue weighted by Crippen LogP contribution is -2.37. The predicted molar refractivity (Wildman–Crippen MR) is 73.3 cm³/mol. The Kier molecular flexibility index (Phi) is 5.15. The summed E-state index contributed by atoms with van der Waals surface area (Å²) in [5.41, 5.74) is 5.59. The number of rotatable bonds is 5. The van der Waals surface area contributed by atoms with Gasteiger partial charge in [0.1, 0.15) is 0 Å². The average Bonchev–Trinajstić information content (AvgIpc) is 2.29. The van der Waals surface area contributed by atoms with Crippen LogP contribution in [0.3, 0.4) is 0 Å². The van der Waals surface area contributed by atoms with E-state index in [4.69, 9.17) is 5.73 Å². The van der Waals surface area contributed by atoms with Crippen molar-refractivity contribution in [3.05, 3.63) is 30.3 Å². The molecule has 1 rings (SSSR count). The highest BCUT2D eigenvalue weighted by atomic mass is 32.2. The van der Waals surface area contributed by atoms with E-state index >= 15 is 0 Å². The number of aliphatic imine (C=N–C) groups is 1. The van der Waals surface area contributed by atoms with Gasteiger partial charge in [0.15, 0.2) is 15.8 Å². The molecular weight excluding hydrogens is 250 g/mol. The summed E-state index contributed by atoms with van der Waals surface area (Å²) in [5, 5.41) is 2.90. The van der Waals surface area contributed by atoms with Gasteiger partial charge in [-0.3, -0.25) is 4.99 Å². The Morgan fingerprint density at radius 3 is 2.50 bits per heavy atom. The summed E-state index contributed by atoms with van der Waals surface area (Å²) in [6.45, 7) is 4.02. The zero-order chi connectivity index (χ0) is 13.6. The van der Waals surface area contributed by atoms with E-state index in [2.05, 4.69) is 10.3 Å². The molecular formula is C12H19N3O2S. The summed E-state index contributed by atoms with van der Waals surface area (Å²) in [5.74, 6) is 0.227. The molecule has 0 saturated heterocycles. The molecule has 0 amide bonds. The fraction of sp³-hybridized carbons (Fsp3) is 0.417. The summed E-state index contributed by atoms with van der Waals surface area (Å²) in [7, 11) is -3.27. The molecule has 0 fully saturated rings. The van der Waals surface area contributed by atoms with Crippen molar-refractivity contribution in [1.82, 2.24) is 5.32 Å². The number of nitrogens with zero attached hydrogens (tertiary/aromatic N) is 1. The molecule has 0 aliphatic carbocycles. The number of sulfone groups is 1. The zero-order valence-corrected chi connectivity index (χ0v) is 11.4. The maximum Gasteiger partial charge on any atom is 0.188 e. The minimum Gasteiger partial charge on any atom is -0.370 e. The minimum absolute atomic E-state index is 0.0442. The van der Waals surface area contributed by atoms with Gasteiger partial charge in [0, 0.05) is 6.04 Å². The monoisotopic (exact) mass is 269 g/mol. The number of nitrogens with one attached hydrogen (secondary N) is 1. The third-order valence-corrected chi connectivity index (χ3v) is 3.89. The summed E-state index contributed by atoms with van der Waals surface area (Å²) in [4.78, 5) is 4.29. The fourth-order valence-corrected chi connectivity index (χ4v) is 2.51. The highest BCUT2D eigenvalue weighted by molar-refractivity contribution is 7.91. The summed E-state index contributed by atoms with van der Waals surface area (Å²) in [6.07, 6.45) is 0. The molecule has 1 aromatic carbocycles. The third kappa shape index (κ3) is 4.75. The molecule has 0 spiro atoms. The van der Waals surface area contributed by atoms with Crippen molar-refractivity contribution in [1.29, 1.82) is 0 Å². The van der Waals surface area contributed by atoms with Crippen LogP contribution in [0, 0.1) is 0 Å². The van der Waals surface area contributed by atoms with Crippen LogP contribution in [0.5, 0.6) is 0 Å². The van der Waals surface area contributed by atoms with Gasteiger partial charge in [-0.15, -0.1) is 0 Å². The largest absolute Gasteiger partial charge is 0.370 e. The molecule has 0 aromatic heterocycles. The first kappa shape index (κ1) is 14.5. The average molecular weight is 269 g/mol. The van der Waals surface area contributed by atoms with E-state index in [1.54, 1.807) is 30.3 Å². The van der Waals surface area contributed by atoms with Crippen LogP contribution < -0.4 is 11.1 Å². The fourth-order valence-electron chi connectivity index (χ4n) is 1.37. The van der Waals surface area contributed by atoms with E-state index in [-0.39, 0.29) is 24.3 Å². The van der Waals surface area contributed by atoms with Crippen molar-refractivity contribution < 1.29 is 8.42 Å². The first-order chi connectivity index (χ1) is 8.42. The van der Waals surface area contributed by atoms with E-state index in [0.29, 0.717) is 4.90 Å². The highest BCUT2D eigenvalue weighted by Crippen LogP contribution is 2.09. The Morgan fingerprint density at radius 1 is 1.33 bits per heavy atom. The first-order valence-electron chi connectivity index (χ1n) is 5.76. The van der Waals surface area contributed by atoms with Gasteiger partial charge in [-0.2, -0.15) is 0 Å². The molecule has 0 heterocycles. The molecule has 100 valence electrons. The van der Waals surface area contributed by atoms with Crippen molar-refractivity contribution in [3.8, 4) is 0 Å². The first-order valence-corrected chi connectivity index (χ1v) is 7.41. The Morgan fingerprint density at radius 2 is 1.94 bits per heavy atom. The molecule has 1 aromatic rings. The molecule has 0 aliphatic rings. The molecule has 0 unspecified atom stereocenters. The Hall–Kier alpha value is -1.56. The predicted octanol–water partition coefficient (Wildman–Crippen LogP) is 0.773. The quantitative estimate of drug-likeness (QED) is 0.611. The molecule has 18 heavy (non-hydrogen) atoms. The number of nitrogens with two attached hydrogens (primary N) is 1. The van der Waals surface area contributed by atoms with Crippen molar-refractivity contribution in [2.75, 3.05) is 12.3 Å². The van der Waals surface area contributed by atoms with Gasteiger partial charge in [0.25, 0.3) is 0 Å². The van der Waals surface area contributed by atoms with E-state index in [9.17, 15) is 8.42 Å². The smallest absolute Gasteiger partial charge is 0.188 e. The van der Waals surface area contributed by atoms with Crippen LogP contribution >= 0.6 is 0 Å². The lowest BCUT2D eigenvalue weighted by molar-refractivity contribution is 0.596. The molecule has 3 N–H and O–H groups in total. The SMILES string of the molecule is CC(C)NC(N)=NCCS(=O)(=O)c1ccccc1. The Labute approximate surface area is 108 Å². The van der Waals surface area contributed by atoms with Crippen LogP contribution in [0.2, 0.25) is 0 Å². The van der Waals surface area contributed by atoms with Crippen LogP contribution in [-0.2, 0) is 9.84 Å². The molecule has 0 atom stereocenters. The van der Waals surface area contributed by atoms with Crippen LogP contribution in [0.25, 0.3) is 0 Å². The maximum absolute atomic E-state index is 11.9. The van der Waals surface area contributed by atoms with Crippen molar-refractivity contribution in [2.24, 2.45) is 10.7 Å². The second kappa shape index (κ2) is 6.39.